The molecule has 128 valence electrons. The summed E-state index contributed by atoms with van der Waals surface area (Å²) < 4.78 is 13.1. The van der Waals surface area contributed by atoms with E-state index in [0.29, 0.717) is 13.0 Å². The van der Waals surface area contributed by atoms with Crippen LogP contribution in [0.25, 0.3) is 0 Å². The van der Waals surface area contributed by atoms with Crippen molar-refractivity contribution in [2.45, 2.75) is 32.0 Å². The lowest BCUT2D eigenvalue weighted by molar-refractivity contribution is -0.137. The first-order valence-electron chi connectivity index (χ1n) is 8.31. The third kappa shape index (κ3) is 3.13. The number of carbonyl (C=O) groups excluding carboxylic acids is 1. The summed E-state index contributed by atoms with van der Waals surface area (Å²) in [7, 11) is 0. The van der Waals surface area contributed by atoms with Gasteiger partial charge in [-0.1, -0.05) is 42.0 Å². The predicted molar refractivity (Wildman–Crippen MR) is 92.7 cm³/mol. The highest BCUT2D eigenvalue weighted by Crippen LogP contribution is 2.30. The molecule has 1 fully saturated rings. The zero-order valence-electron chi connectivity index (χ0n) is 13.9. The van der Waals surface area contributed by atoms with Gasteiger partial charge in [-0.3, -0.25) is 9.80 Å². The Kier molecular flexibility index (Phi) is 3.97. The van der Waals surface area contributed by atoms with Crippen molar-refractivity contribution in [2.24, 2.45) is 5.10 Å². The van der Waals surface area contributed by atoms with Crippen molar-refractivity contribution in [2.75, 3.05) is 0 Å². The van der Waals surface area contributed by atoms with Gasteiger partial charge in [-0.2, -0.15) is 5.10 Å². The summed E-state index contributed by atoms with van der Waals surface area (Å²) in [6.45, 7) is 2.49. The molecule has 0 aromatic heterocycles. The van der Waals surface area contributed by atoms with Gasteiger partial charge >= 0.3 is 0 Å². The molecule has 2 heterocycles. The number of fused-ring (bicyclic) bond motifs is 1. The van der Waals surface area contributed by atoms with Crippen LogP contribution in [0.2, 0.25) is 0 Å². The van der Waals surface area contributed by atoms with Crippen molar-refractivity contribution in [3.05, 3.63) is 71.0 Å². The van der Waals surface area contributed by atoms with Crippen molar-refractivity contribution in [3.63, 3.8) is 0 Å². The maximum atomic E-state index is 13.1. The number of amides is 1. The van der Waals surface area contributed by atoms with Crippen LogP contribution in [0.1, 0.15) is 29.2 Å². The van der Waals surface area contributed by atoms with E-state index in [9.17, 15) is 9.18 Å². The lowest BCUT2D eigenvalue weighted by Crippen LogP contribution is -2.50. The molecule has 4 rings (SSSR count). The van der Waals surface area contributed by atoms with E-state index in [0.717, 1.165) is 16.7 Å². The van der Waals surface area contributed by atoms with E-state index in [4.69, 9.17) is 0 Å². The van der Waals surface area contributed by atoms with Gasteiger partial charge in [-0.05, 0) is 36.6 Å². The highest BCUT2D eigenvalue weighted by atomic mass is 19.1. The van der Waals surface area contributed by atoms with Gasteiger partial charge in [0.2, 0.25) is 0 Å². The number of nitrogens with zero attached hydrogens (tertiary/aromatic N) is 3. The van der Waals surface area contributed by atoms with Gasteiger partial charge in [-0.25, -0.2) is 14.8 Å². The SMILES string of the molecule is Cc1cccc(CN2N=CN3NC(c4ccc(F)cc4)CC3C2=O)c1. The largest absolute Gasteiger partial charge is 0.283 e. The first-order valence-corrected chi connectivity index (χ1v) is 8.31. The van der Waals surface area contributed by atoms with E-state index in [-0.39, 0.29) is 23.8 Å². The smallest absolute Gasteiger partial charge is 0.267 e. The summed E-state index contributed by atoms with van der Waals surface area (Å²) in [5, 5.41) is 7.55. The molecule has 5 nitrogen and oxygen atoms in total. The molecule has 2 aliphatic rings. The molecule has 2 aliphatic heterocycles. The fourth-order valence-corrected chi connectivity index (χ4v) is 3.35. The summed E-state index contributed by atoms with van der Waals surface area (Å²) in [5.41, 5.74) is 6.44. The number of hydrazine groups is 1. The standard InChI is InChI=1S/C19H19FN4O/c1-13-3-2-4-14(9-13)11-23-19(25)18-10-17(22-24(18)12-21-23)15-5-7-16(20)8-6-15/h2-9,12,17-18,22H,10-11H2,1H3. The number of halogens is 1. The maximum absolute atomic E-state index is 13.1. The monoisotopic (exact) mass is 338 g/mol. The van der Waals surface area contributed by atoms with Gasteiger partial charge in [0, 0.05) is 0 Å². The third-order valence-electron chi connectivity index (χ3n) is 4.64. The van der Waals surface area contributed by atoms with Crippen LogP contribution < -0.4 is 5.43 Å². The lowest BCUT2D eigenvalue weighted by atomic mass is 10.0. The van der Waals surface area contributed by atoms with Crippen molar-refractivity contribution in [1.82, 2.24) is 15.4 Å². The zero-order chi connectivity index (χ0) is 17.4. The van der Waals surface area contributed by atoms with Crippen LogP contribution in [0.5, 0.6) is 0 Å². The van der Waals surface area contributed by atoms with E-state index in [1.54, 1.807) is 23.5 Å². The van der Waals surface area contributed by atoms with Gasteiger partial charge in [0.25, 0.3) is 5.91 Å². The molecular weight excluding hydrogens is 319 g/mol. The Morgan fingerprint density at radius 1 is 1.24 bits per heavy atom. The van der Waals surface area contributed by atoms with Crippen molar-refractivity contribution in [1.29, 1.82) is 0 Å². The Labute approximate surface area is 145 Å². The van der Waals surface area contributed by atoms with Gasteiger partial charge in [0.1, 0.15) is 18.2 Å². The molecule has 1 saturated heterocycles. The topological polar surface area (TPSA) is 47.9 Å². The molecule has 0 saturated carbocycles. The number of hydrogen-bond acceptors (Lipinski definition) is 4. The van der Waals surface area contributed by atoms with E-state index in [1.807, 2.05) is 25.1 Å². The number of benzene rings is 2. The molecule has 0 bridgehead atoms. The summed E-state index contributed by atoms with van der Waals surface area (Å²) in [5.74, 6) is -0.289. The lowest BCUT2D eigenvalue weighted by Gasteiger charge is -2.30. The molecule has 2 unspecified atom stereocenters. The van der Waals surface area contributed by atoms with E-state index in [2.05, 4.69) is 16.6 Å². The maximum Gasteiger partial charge on any atom is 0.267 e. The number of rotatable bonds is 3. The second-order valence-corrected chi connectivity index (χ2v) is 6.51. The van der Waals surface area contributed by atoms with Gasteiger partial charge in [0.05, 0.1) is 12.6 Å². The highest BCUT2D eigenvalue weighted by molar-refractivity contribution is 5.87. The summed E-state index contributed by atoms with van der Waals surface area (Å²) in [6.07, 6.45) is 2.28. The van der Waals surface area contributed by atoms with Crippen LogP contribution in [0.3, 0.4) is 0 Å². The van der Waals surface area contributed by atoms with E-state index in [1.165, 1.54) is 17.1 Å². The average molecular weight is 338 g/mol. The average Bonchev–Trinajstić information content (AvgIpc) is 3.03. The number of hydrogen-bond donors (Lipinski definition) is 1. The molecular formula is C19H19FN4O. The Balaban J connectivity index is 1.49. The predicted octanol–water partition coefficient (Wildman–Crippen LogP) is 2.74. The van der Waals surface area contributed by atoms with Gasteiger partial charge < -0.3 is 0 Å². The molecule has 6 heteroatoms. The molecule has 0 aliphatic carbocycles. The molecule has 0 radical (unpaired) electrons. The van der Waals surface area contributed by atoms with E-state index < -0.39 is 0 Å². The van der Waals surface area contributed by atoms with Crippen LogP contribution in [0.4, 0.5) is 4.39 Å². The normalized spacial score (nSPS) is 22.4. The Morgan fingerprint density at radius 2 is 2.04 bits per heavy atom. The molecule has 2 aromatic rings. The fourth-order valence-electron chi connectivity index (χ4n) is 3.35. The number of aryl methyl sites for hydroxylation is 1. The van der Waals surface area contributed by atoms with Crippen molar-refractivity contribution in [3.8, 4) is 0 Å². The molecule has 1 amide bonds. The summed E-state index contributed by atoms with van der Waals surface area (Å²) in [6, 6.07) is 14.1. The quantitative estimate of drug-likeness (QED) is 0.936. The van der Waals surface area contributed by atoms with Gasteiger partial charge in [0.15, 0.2) is 0 Å². The van der Waals surface area contributed by atoms with Crippen LogP contribution in [0.15, 0.2) is 53.6 Å². The van der Waals surface area contributed by atoms with Crippen LogP contribution in [-0.4, -0.2) is 28.3 Å². The highest BCUT2D eigenvalue weighted by Gasteiger charge is 2.40. The molecule has 25 heavy (non-hydrogen) atoms. The second kappa shape index (κ2) is 6.29. The van der Waals surface area contributed by atoms with Crippen LogP contribution >= 0.6 is 0 Å². The minimum absolute atomic E-state index is 0.0267. The summed E-state index contributed by atoms with van der Waals surface area (Å²) >= 11 is 0. The zero-order valence-corrected chi connectivity index (χ0v) is 13.9. The first-order chi connectivity index (χ1) is 12.1. The summed E-state index contributed by atoms with van der Waals surface area (Å²) in [4.78, 5) is 12.8. The molecule has 2 aromatic carbocycles. The third-order valence-corrected chi connectivity index (χ3v) is 4.64. The number of nitrogens with one attached hydrogen (secondary N) is 1. The number of hydrazone groups is 1. The second-order valence-electron chi connectivity index (χ2n) is 6.51. The van der Waals surface area contributed by atoms with E-state index >= 15 is 0 Å². The van der Waals surface area contributed by atoms with Crippen LogP contribution in [-0.2, 0) is 11.3 Å². The van der Waals surface area contributed by atoms with Crippen molar-refractivity contribution < 1.29 is 9.18 Å². The number of carbonyl (C=O) groups is 1. The molecule has 0 spiro atoms. The minimum Gasteiger partial charge on any atom is -0.283 e. The molecule has 2 atom stereocenters. The first kappa shape index (κ1) is 15.8. The Bertz CT molecular complexity index is 820. The Morgan fingerprint density at radius 3 is 2.80 bits per heavy atom. The van der Waals surface area contributed by atoms with Crippen LogP contribution in [0, 0.1) is 12.7 Å². The minimum atomic E-state index is -0.294. The van der Waals surface area contributed by atoms with Gasteiger partial charge in [-0.15, -0.1) is 0 Å². The fraction of sp³-hybridized carbons (Fsp3) is 0.263. The Hall–Kier alpha value is -2.73. The van der Waals surface area contributed by atoms with Crippen molar-refractivity contribution >= 4 is 12.2 Å². The molecule has 1 N–H and O–H groups in total.